The molecule has 1 amide bonds. The Bertz CT molecular complexity index is 1820. The number of ether oxygens (including phenoxy) is 4. The monoisotopic (exact) mass is 804 g/mol. The van der Waals surface area contributed by atoms with Crippen molar-refractivity contribution >= 4 is 35.4 Å². The zero-order valence-electron chi connectivity index (χ0n) is 34.7. The van der Waals surface area contributed by atoms with Gasteiger partial charge < -0.3 is 40.2 Å². The second kappa shape index (κ2) is 29.7. The number of benzene rings is 4. The molecule has 0 aliphatic carbocycles. The van der Waals surface area contributed by atoms with Gasteiger partial charge in [-0.2, -0.15) is 0 Å². The van der Waals surface area contributed by atoms with Gasteiger partial charge in [-0.25, -0.2) is 4.79 Å². The van der Waals surface area contributed by atoms with Crippen LogP contribution >= 0.6 is 0 Å². The molecule has 0 saturated heterocycles. The van der Waals surface area contributed by atoms with Gasteiger partial charge >= 0.3 is 57.4 Å². The number of carbonyl (C=O) groups excluding carboxylic acids is 2. The van der Waals surface area contributed by atoms with Crippen molar-refractivity contribution in [3.05, 3.63) is 150 Å². The predicted molar refractivity (Wildman–Crippen MR) is 227 cm³/mol. The number of aryl methyl sites for hydroxylation is 2. The van der Waals surface area contributed by atoms with Gasteiger partial charge in [0, 0.05) is 29.1 Å². The van der Waals surface area contributed by atoms with Crippen molar-refractivity contribution in [2.24, 2.45) is 0 Å². The second-order valence-electron chi connectivity index (χ2n) is 12.9. The molecule has 4 N–H and O–H groups in total. The van der Waals surface area contributed by atoms with Crippen molar-refractivity contribution in [2.45, 2.75) is 53.8 Å². The summed E-state index contributed by atoms with van der Waals surface area (Å²) in [5.74, 6) is 1.28. The summed E-state index contributed by atoms with van der Waals surface area (Å²) in [4.78, 5) is 23.2. The van der Waals surface area contributed by atoms with E-state index < -0.39 is 5.60 Å². The van der Waals surface area contributed by atoms with Crippen LogP contribution in [0, 0.1) is 13.8 Å². The van der Waals surface area contributed by atoms with Crippen LogP contribution in [0.15, 0.2) is 122 Å². The Morgan fingerprint density at radius 1 is 0.789 bits per heavy atom. The summed E-state index contributed by atoms with van der Waals surface area (Å²) in [5, 5.41) is 22.2. The van der Waals surface area contributed by atoms with E-state index in [4.69, 9.17) is 24.7 Å². The van der Waals surface area contributed by atoms with Gasteiger partial charge in [-0.15, -0.1) is 5.60 Å². The fraction of sp³-hybridized carbons (Fsp3) is 0.261. The van der Waals surface area contributed by atoms with Crippen LogP contribution in [0.4, 0.5) is 11.4 Å². The zero-order chi connectivity index (χ0) is 41.9. The third kappa shape index (κ3) is 25.4. The molecule has 0 atom stereocenters. The number of aliphatic hydroxyl groups is 1. The minimum atomic E-state index is -0.750. The van der Waals surface area contributed by atoms with Crippen LogP contribution in [0.1, 0.15) is 55.5 Å². The van der Waals surface area contributed by atoms with E-state index in [0.29, 0.717) is 42.6 Å². The number of nitrogens with one attached hydrogen (secondary N) is 1. The average molecular weight is 805 g/mol. The zero-order valence-corrected chi connectivity index (χ0v) is 37.8. The van der Waals surface area contributed by atoms with E-state index >= 15 is 0 Å². The Morgan fingerprint density at radius 2 is 1.28 bits per heavy atom. The fourth-order valence-electron chi connectivity index (χ4n) is 4.09. The molecule has 10 nitrogen and oxygen atoms in total. The van der Waals surface area contributed by atoms with E-state index in [1.807, 2.05) is 74.5 Å². The molecule has 0 bridgehead atoms. The van der Waals surface area contributed by atoms with E-state index in [1.165, 1.54) is 17.7 Å². The van der Waals surface area contributed by atoms with Gasteiger partial charge in [-0.1, -0.05) is 93.6 Å². The van der Waals surface area contributed by atoms with Crippen LogP contribution in [0.5, 0.6) is 17.2 Å². The van der Waals surface area contributed by atoms with Crippen molar-refractivity contribution in [2.75, 3.05) is 38.0 Å². The number of hydrogen-bond donors (Lipinski definition) is 3. The first-order valence-corrected chi connectivity index (χ1v) is 17.9. The van der Waals surface area contributed by atoms with Crippen LogP contribution in [0.2, 0.25) is 0 Å². The molecular weight excluding hydrogens is 748 g/mol. The van der Waals surface area contributed by atoms with Crippen molar-refractivity contribution in [1.29, 1.82) is 0 Å². The number of aliphatic hydroxyl groups excluding tert-OH is 1. The van der Waals surface area contributed by atoms with Crippen LogP contribution in [-0.2, 0) is 20.9 Å². The first kappa shape index (κ1) is 52.5. The van der Waals surface area contributed by atoms with E-state index in [9.17, 15) is 19.8 Å². The SMILES string of the molecule is C=CCOc1ccc(/C=C/C(=O)Nc2ccc(C)cc2)cc1OC.C=CCOc1ccc(/C=C/C(=O)OCC)cc1CO.CC(C)(C)[O-].Cc1ccc(N)cc1.[K+]. The maximum atomic E-state index is 12.0. The Balaban J connectivity index is 0.000000839. The van der Waals surface area contributed by atoms with Crippen LogP contribution in [0.3, 0.4) is 0 Å². The minimum Gasteiger partial charge on any atom is -0.850 e. The van der Waals surface area contributed by atoms with Crippen LogP contribution in [-0.4, -0.2) is 49.5 Å². The van der Waals surface area contributed by atoms with Gasteiger partial charge in [-0.3, -0.25) is 4.79 Å². The molecule has 4 aromatic carbocycles. The minimum absolute atomic E-state index is 0. The summed E-state index contributed by atoms with van der Waals surface area (Å²) in [7, 11) is 1.58. The van der Waals surface area contributed by atoms with Crippen molar-refractivity contribution in [3.63, 3.8) is 0 Å². The summed E-state index contributed by atoms with van der Waals surface area (Å²) in [6.45, 7) is 18.9. The molecule has 0 heterocycles. The predicted octanol–water partition coefficient (Wildman–Crippen LogP) is 5.27. The molecule has 0 saturated carbocycles. The number of amides is 1. The number of nitrogens with two attached hydrogens (primary N) is 1. The smallest absolute Gasteiger partial charge is 0.850 e. The van der Waals surface area contributed by atoms with Gasteiger partial charge in [0.25, 0.3) is 0 Å². The first-order chi connectivity index (χ1) is 26.6. The van der Waals surface area contributed by atoms with E-state index in [2.05, 4.69) is 18.5 Å². The van der Waals surface area contributed by atoms with Crippen LogP contribution in [0.25, 0.3) is 12.2 Å². The van der Waals surface area contributed by atoms with Gasteiger partial charge in [0.05, 0.1) is 20.3 Å². The molecule has 0 spiro atoms. The summed E-state index contributed by atoms with van der Waals surface area (Å²) < 4.78 is 21.0. The Labute approximate surface area is 381 Å². The molecule has 11 heteroatoms. The van der Waals surface area contributed by atoms with Crippen molar-refractivity contribution < 1.29 is 90.1 Å². The van der Waals surface area contributed by atoms with E-state index in [1.54, 1.807) is 83.4 Å². The topological polar surface area (TPSA) is 152 Å². The third-order valence-corrected chi connectivity index (χ3v) is 6.68. The Morgan fingerprint density at radius 3 is 1.77 bits per heavy atom. The molecule has 0 fully saturated rings. The third-order valence-electron chi connectivity index (χ3n) is 6.68. The van der Waals surface area contributed by atoms with Gasteiger partial charge in [0.15, 0.2) is 11.5 Å². The Kier molecular flexibility index (Phi) is 27.4. The number of anilines is 2. The number of carbonyl (C=O) groups is 2. The van der Waals surface area contributed by atoms with Gasteiger partial charge in [0.2, 0.25) is 5.91 Å². The molecule has 0 radical (unpaired) electrons. The molecule has 4 rings (SSSR count). The summed E-state index contributed by atoms with van der Waals surface area (Å²) in [6.07, 6.45) is 9.50. The molecule has 4 aromatic rings. The number of nitrogen functional groups attached to an aromatic ring is 1. The Hall–Kier alpha value is -4.46. The molecule has 0 aliphatic heterocycles. The average Bonchev–Trinajstić information content (AvgIpc) is 3.17. The maximum Gasteiger partial charge on any atom is 1.00 e. The summed E-state index contributed by atoms with van der Waals surface area (Å²) in [6, 6.07) is 26.2. The number of rotatable bonds is 14. The van der Waals surface area contributed by atoms with Crippen molar-refractivity contribution in [1.82, 2.24) is 0 Å². The molecule has 0 aliphatic rings. The largest absolute Gasteiger partial charge is 1.00 e. The molecule has 0 aromatic heterocycles. The fourth-order valence-corrected chi connectivity index (χ4v) is 4.09. The maximum absolute atomic E-state index is 12.0. The molecule has 300 valence electrons. The molecule has 57 heavy (non-hydrogen) atoms. The number of methoxy groups -OCH3 is 1. The van der Waals surface area contributed by atoms with Gasteiger partial charge in [-0.05, 0) is 92.6 Å². The number of esters is 1. The van der Waals surface area contributed by atoms with Crippen molar-refractivity contribution in [3.8, 4) is 17.2 Å². The van der Waals surface area contributed by atoms with E-state index in [0.717, 1.165) is 28.1 Å². The van der Waals surface area contributed by atoms with E-state index in [-0.39, 0.29) is 69.9 Å². The summed E-state index contributed by atoms with van der Waals surface area (Å²) in [5.41, 5.74) is 11.0. The number of hydrogen-bond acceptors (Lipinski definition) is 9. The van der Waals surface area contributed by atoms with Gasteiger partial charge in [0.1, 0.15) is 19.0 Å². The molecule has 0 unspecified atom stereocenters. The molecular formula is C46H57KN2O8. The standard InChI is InChI=1S/C20H21NO3.C15H18O4.C7H9N.C4H9O.K/c1-4-13-24-18-11-7-16(14-19(18)23-3)8-12-20(22)21-17-9-5-15(2)6-10-17;1-3-9-19-14-7-5-12(10-13(14)11-16)6-8-15(17)18-4-2;1-6-2-4-7(8)5-3-6;1-4(2,3)5;/h4-12,14H,1,13H2,2-3H3,(H,21,22);3,5-8,10,16H,1,4,9,11H2,2H3;2-5H,8H2,1H3;1-3H3;/q;;;-1;+1/b12-8+;8-6+;;;. The second-order valence-corrected chi connectivity index (χ2v) is 12.9. The quantitative estimate of drug-likeness (QED) is 0.0510. The van der Waals surface area contributed by atoms with Crippen LogP contribution < -0.4 is 81.8 Å². The normalized spacial score (nSPS) is 10.2. The first-order valence-electron chi connectivity index (χ1n) is 17.9. The summed E-state index contributed by atoms with van der Waals surface area (Å²) >= 11 is 0.